The van der Waals surface area contributed by atoms with Crippen LogP contribution in [0.1, 0.15) is 20.2 Å². The number of furan rings is 1. The lowest BCUT2D eigenvalue weighted by Crippen LogP contribution is -2.10. The number of thiophene rings is 1. The molecule has 122 valence electrons. The molecule has 2 amide bonds. The maximum atomic E-state index is 13.1. The molecule has 24 heavy (non-hydrogen) atoms. The molecule has 2 aromatic heterocycles. The number of halogens is 2. The van der Waals surface area contributed by atoms with Gasteiger partial charge in [0.15, 0.2) is 5.76 Å². The SMILES string of the molecule is O=C(Nc1ccc(C(=O)Nc2ccc(F)c(Cl)c2)s1)c1ccco1. The smallest absolute Gasteiger partial charge is 0.291 e. The predicted octanol–water partition coefficient (Wildman–Crippen LogP) is 4.64. The summed E-state index contributed by atoms with van der Waals surface area (Å²) in [6.45, 7) is 0. The molecule has 0 radical (unpaired) electrons. The van der Waals surface area contributed by atoms with Crippen LogP contribution in [-0.2, 0) is 0 Å². The zero-order valence-electron chi connectivity index (χ0n) is 12.0. The van der Waals surface area contributed by atoms with Crippen molar-refractivity contribution in [2.45, 2.75) is 0 Å². The van der Waals surface area contributed by atoms with Gasteiger partial charge in [0.05, 0.1) is 21.2 Å². The van der Waals surface area contributed by atoms with Crippen LogP contribution in [-0.4, -0.2) is 11.8 Å². The van der Waals surface area contributed by atoms with Gasteiger partial charge in [-0.25, -0.2) is 4.39 Å². The summed E-state index contributed by atoms with van der Waals surface area (Å²) in [7, 11) is 0. The van der Waals surface area contributed by atoms with Crippen molar-refractivity contribution in [3.05, 3.63) is 70.2 Å². The Morgan fingerprint density at radius 3 is 2.62 bits per heavy atom. The van der Waals surface area contributed by atoms with Crippen LogP contribution in [0.25, 0.3) is 0 Å². The van der Waals surface area contributed by atoms with Crippen molar-refractivity contribution in [1.82, 2.24) is 0 Å². The molecule has 0 unspecified atom stereocenters. The Morgan fingerprint density at radius 2 is 1.92 bits per heavy atom. The summed E-state index contributed by atoms with van der Waals surface area (Å²) in [4.78, 5) is 24.4. The van der Waals surface area contributed by atoms with Crippen LogP contribution >= 0.6 is 22.9 Å². The minimum Gasteiger partial charge on any atom is -0.459 e. The zero-order valence-corrected chi connectivity index (χ0v) is 13.6. The molecule has 3 rings (SSSR count). The Hall–Kier alpha value is -2.64. The standard InChI is InChI=1S/C16H10ClFN2O3S/c17-10-8-9(3-4-11(10)18)19-16(22)13-5-6-14(24-13)20-15(21)12-2-1-7-23-12/h1-8H,(H,19,22)(H,20,21). The topological polar surface area (TPSA) is 71.3 Å². The first-order valence-corrected chi connectivity index (χ1v) is 7.93. The first kappa shape index (κ1) is 16.2. The number of hydrogen-bond donors (Lipinski definition) is 2. The Kier molecular flexibility index (Phi) is 4.64. The number of hydrogen-bond acceptors (Lipinski definition) is 4. The van der Waals surface area contributed by atoms with E-state index in [0.717, 1.165) is 11.3 Å². The number of nitrogens with one attached hydrogen (secondary N) is 2. The molecule has 2 N–H and O–H groups in total. The summed E-state index contributed by atoms with van der Waals surface area (Å²) in [5.41, 5.74) is 0.376. The van der Waals surface area contributed by atoms with Gasteiger partial charge in [0, 0.05) is 5.69 Å². The molecule has 0 saturated carbocycles. The summed E-state index contributed by atoms with van der Waals surface area (Å²) in [6, 6.07) is 10.2. The van der Waals surface area contributed by atoms with E-state index in [2.05, 4.69) is 10.6 Å². The molecular formula is C16H10ClFN2O3S. The van der Waals surface area contributed by atoms with Gasteiger partial charge in [-0.05, 0) is 42.5 Å². The normalized spacial score (nSPS) is 10.4. The molecule has 0 bridgehead atoms. The first-order valence-electron chi connectivity index (χ1n) is 6.74. The van der Waals surface area contributed by atoms with Crippen molar-refractivity contribution in [1.29, 1.82) is 0 Å². The van der Waals surface area contributed by atoms with Gasteiger partial charge in [-0.1, -0.05) is 11.6 Å². The summed E-state index contributed by atoms with van der Waals surface area (Å²) >= 11 is 6.77. The van der Waals surface area contributed by atoms with Crippen molar-refractivity contribution in [2.75, 3.05) is 10.6 Å². The van der Waals surface area contributed by atoms with Gasteiger partial charge in [-0.2, -0.15) is 0 Å². The molecule has 5 nitrogen and oxygen atoms in total. The molecule has 8 heteroatoms. The molecule has 0 atom stereocenters. The average molecular weight is 365 g/mol. The van der Waals surface area contributed by atoms with Crippen LogP contribution < -0.4 is 10.6 Å². The third kappa shape index (κ3) is 3.64. The van der Waals surface area contributed by atoms with Gasteiger partial charge in [0.1, 0.15) is 5.82 Å². The lowest BCUT2D eigenvalue weighted by Gasteiger charge is -2.04. The largest absolute Gasteiger partial charge is 0.459 e. The van der Waals surface area contributed by atoms with Crippen LogP contribution in [0.3, 0.4) is 0 Å². The number of anilines is 2. The predicted molar refractivity (Wildman–Crippen MR) is 90.3 cm³/mol. The van der Waals surface area contributed by atoms with Gasteiger partial charge in [0.2, 0.25) is 0 Å². The van der Waals surface area contributed by atoms with E-state index in [0.29, 0.717) is 15.6 Å². The lowest BCUT2D eigenvalue weighted by molar-refractivity contribution is 0.0995. The van der Waals surface area contributed by atoms with E-state index in [1.165, 1.54) is 30.5 Å². The fraction of sp³-hybridized carbons (Fsp3) is 0. The molecule has 0 aliphatic heterocycles. The zero-order chi connectivity index (χ0) is 17.1. The highest BCUT2D eigenvalue weighted by atomic mass is 35.5. The van der Waals surface area contributed by atoms with Crippen molar-refractivity contribution in [3.8, 4) is 0 Å². The summed E-state index contributed by atoms with van der Waals surface area (Å²) in [6.07, 6.45) is 1.40. The van der Waals surface area contributed by atoms with Crippen LogP contribution in [0.4, 0.5) is 15.1 Å². The van der Waals surface area contributed by atoms with Crippen molar-refractivity contribution < 1.29 is 18.4 Å². The molecule has 1 aromatic carbocycles. The summed E-state index contributed by atoms with van der Waals surface area (Å²) in [5, 5.41) is 5.67. The highest BCUT2D eigenvalue weighted by molar-refractivity contribution is 7.18. The molecule has 2 heterocycles. The van der Waals surface area contributed by atoms with Crippen molar-refractivity contribution in [3.63, 3.8) is 0 Å². The Balaban J connectivity index is 1.67. The Morgan fingerprint density at radius 1 is 1.08 bits per heavy atom. The lowest BCUT2D eigenvalue weighted by atomic mass is 10.3. The van der Waals surface area contributed by atoms with Crippen LogP contribution in [0.5, 0.6) is 0 Å². The second-order valence-corrected chi connectivity index (χ2v) is 6.17. The third-order valence-corrected chi connectivity index (χ3v) is 4.28. The van der Waals surface area contributed by atoms with Crippen LogP contribution in [0.2, 0.25) is 5.02 Å². The van der Waals surface area contributed by atoms with E-state index in [-0.39, 0.29) is 16.7 Å². The Bertz CT molecular complexity index is 893. The maximum absolute atomic E-state index is 13.1. The molecule has 0 fully saturated rings. The highest BCUT2D eigenvalue weighted by Gasteiger charge is 2.14. The molecule has 0 aliphatic carbocycles. The van der Waals surface area contributed by atoms with Crippen LogP contribution in [0.15, 0.2) is 53.1 Å². The van der Waals surface area contributed by atoms with E-state index in [1.807, 2.05) is 0 Å². The van der Waals surface area contributed by atoms with Gasteiger partial charge in [-0.3, -0.25) is 9.59 Å². The van der Waals surface area contributed by atoms with Gasteiger partial charge in [-0.15, -0.1) is 11.3 Å². The van der Waals surface area contributed by atoms with E-state index < -0.39 is 11.7 Å². The number of benzene rings is 1. The quantitative estimate of drug-likeness (QED) is 0.708. The highest BCUT2D eigenvalue weighted by Crippen LogP contribution is 2.25. The van der Waals surface area contributed by atoms with E-state index >= 15 is 0 Å². The second kappa shape index (κ2) is 6.86. The summed E-state index contributed by atoms with van der Waals surface area (Å²) < 4.78 is 18.1. The first-order chi connectivity index (χ1) is 11.5. The second-order valence-electron chi connectivity index (χ2n) is 4.68. The number of rotatable bonds is 4. The molecule has 0 aliphatic rings. The molecule has 3 aromatic rings. The number of amides is 2. The monoisotopic (exact) mass is 364 g/mol. The van der Waals surface area contributed by atoms with Gasteiger partial charge < -0.3 is 15.1 Å². The fourth-order valence-electron chi connectivity index (χ4n) is 1.87. The molecular weight excluding hydrogens is 355 g/mol. The van der Waals surface area contributed by atoms with E-state index in [1.54, 1.807) is 18.2 Å². The van der Waals surface area contributed by atoms with Crippen molar-refractivity contribution >= 4 is 45.4 Å². The Labute approximate surface area is 145 Å². The van der Waals surface area contributed by atoms with E-state index in [9.17, 15) is 14.0 Å². The van der Waals surface area contributed by atoms with Gasteiger partial charge in [0.25, 0.3) is 11.8 Å². The average Bonchev–Trinajstić information content (AvgIpc) is 3.22. The minimum atomic E-state index is -0.561. The number of carbonyl (C=O) groups excluding carboxylic acids is 2. The summed E-state index contributed by atoms with van der Waals surface area (Å²) in [5.74, 6) is -1.18. The van der Waals surface area contributed by atoms with Crippen molar-refractivity contribution in [2.24, 2.45) is 0 Å². The maximum Gasteiger partial charge on any atom is 0.291 e. The number of carbonyl (C=O) groups is 2. The molecule has 0 saturated heterocycles. The third-order valence-electron chi connectivity index (χ3n) is 2.99. The van der Waals surface area contributed by atoms with E-state index in [4.69, 9.17) is 16.0 Å². The fourth-order valence-corrected chi connectivity index (χ4v) is 2.85. The minimum absolute atomic E-state index is 0.0784. The van der Waals surface area contributed by atoms with Crippen LogP contribution in [0, 0.1) is 5.82 Å². The van der Waals surface area contributed by atoms with Gasteiger partial charge >= 0.3 is 0 Å². The molecule has 0 spiro atoms.